The second-order valence-corrected chi connectivity index (χ2v) is 7.39. The molecule has 0 radical (unpaired) electrons. The standard InChI is InChI=1S/C18H22ClN5O/c19-14-3-5-15(6-4-14)21-17(25)11-23-9-1-2-13(10-23)18-22-20-12-24(18)16-7-8-16/h3-6,12-13,16H,1-2,7-11H2,(H,21,25). The van der Waals surface area contributed by atoms with E-state index in [9.17, 15) is 4.79 Å². The number of hydrogen-bond acceptors (Lipinski definition) is 4. The first-order chi connectivity index (χ1) is 12.2. The molecule has 1 atom stereocenters. The fourth-order valence-corrected chi connectivity index (χ4v) is 3.65. The number of rotatable bonds is 5. The zero-order chi connectivity index (χ0) is 17.2. The molecule has 1 N–H and O–H groups in total. The van der Waals surface area contributed by atoms with Crippen molar-refractivity contribution < 1.29 is 4.79 Å². The summed E-state index contributed by atoms with van der Waals surface area (Å²) in [6.45, 7) is 2.21. The van der Waals surface area contributed by atoms with Crippen LogP contribution in [0.2, 0.25) is 5.02 Å². The van der Waals surface area contributed by atoms with E-state index in [0.29, 0.717) is 23.5 Å². The van der Waals surface area contributed by atoms with Gasteiger partial charge in [0.15, 0.2) is 0 Å². The Labute approximate surface area is 152 Å². The lowest BCUT2D eigenvalue weighted by Crippen LogP contribution is -2.40. The summed E-state index contributed by atoms with van der Waals surface area (Å²) in [4.78, 5) is 14.5. The predicted octanol–water partition coefficient (Wildman–Crippen LogP) is 3.08. The van der Waals surface area contributed by atoms with Crippen LogP contribution in [0.25, 0.3) is 0 Å². The van der Waals surface area contributed by atoms with Crippen LogP contribution in [0, 0.1) is 0 Å². The topological polar surface area (TPSA) is 63.1 Å². The molecule has 2 aliphatic rings. The van der Waals surface area contributed by atoms with Crippen molar-refractivity contribution in [3.8, 4) is 0 Å². The third-order valence-corrected chi connectivity index (χ3v) is 5.16. The lowest BCUT2D eigenvalue weighted by atomic mass is 9.97. The van der Waals surface area contributed by atoms with Gasteiger partial charge >= 0.3 is 0 Å². The first-order valence-corrected chi connectivity index (χ1v) is 9.24. The summed E-state index contributed by atoms with van der Waals surface area (Å²) < 4.78 is 2.24. The maximum Gasteiger partial charge on any atom is 0.238 e. The molecule has 4 rings (SSSR count). The lowest BCUT2D eigenvalue weighted by Gasteiger charge is -2.31. The Bertz CT molecular complexity index is 740. The Morgan fingerprint density at radius 1 is 1.24 bits per heavy atom. The highest BCUT2D eigenvalue weighted by Crippen LogP contribution is 2.38. The van der Waals surface area contributed by atoms with E-state index in [4.69, 9.17) is 11.6 Å². The Hall–Kier alpha value is -1.92. The lowest BCUT2D eigenvalue weighted by molar-refractivity contribution is -0.117. The van der Waals surface area contributed by atoms with Crippen molar-refractivity contribution >= 4 is 23.2 Å². The number of halogens is 1. The molecule has 0 spiro atoms. The van der Waals surface area contributed by atoms with Crippen LogP contribution in [0.15, 0.2) is 30.6 Å². The molecule has 0 bridgehead atoms. The fourth-order valence-electron chi connectivity index (χ4n) is 3.52. The summed E-state index contributed by atoms with van der Waals surface area (Å²) in [5.74, 6) is 1.46. The van der Waals surface area contributed by atoms with E-state index in [2.05, 4.69) is 25.0 Å². The number of nitrogens with zero attached hydrogens (tertiary/aromatic N) is 4. The van der Waals surface area contributed by atoms with E-state index in [0.717, 1.165) is 37.4 Å². The Balaban J connectivity index is 1.35. The van der Waals surface area contributed by atoms with E-state index in [1.165, 1.54) is 12.8 Å². The van der Waals surface area contributed by atoms with Gasteiger partial charge in [-0.3, -0.25) is 9.69 Å². The molecule has 1 aromatic heterocycles. The molecular formula is C18H22ClN5O. The molecule has 1 saturated carbocycles. The van der Waals surface area contributed by atoms with Crippen molar-refractivity contribution in [2.45, 2.75) is 37.6 Å². The maximum atomic E-state index is 12.3. The number of likely N-dealkylation sites (tertiary alicyclic amines) is 1. The van der Waals surface area contributed by atoms with E-state index in [1.54, 1.807) is 12.1 Å². The largest absolute Gasteiger partial charge is 0.325 e. The highest BCUT2D eigenvalue weighted by molar-refractivity contribution is 6.30. The van der Waals surface area contributed by atoms with Crippen molar-refractivity contribution in [1.29, 1.82) is 0 Å². The smallest absolute Gasteiger partial charge is 0.238 e. The molecule has 132 valence electrons. The van der Waals surface area contributed by atoms with Crippen molar-refractivity contribution in [2.24, 2.45) is 0 Å². The number of benzene rings is 1. The minimum Gasteiger partial charge on any atom is -0.325 e. The molecule has 1 unspecified atom stereocenters. The van der Waals surface area contributed by atoms with Gasteiger partial charge in [0.05, 0.1) is 6.54 Å². The van der Waals surface area contributed by atoms with E-state index < -0.39 is 0 Å². The van der Waals surface area contributed by atoms with Gasteiger partial charge in [0, 0.05) is 29.2 Å². The summed E-state index contributed by atoms with van der Waals surface area (Å²) >= 11 is 5.87. The predicted molar refractivity (Wildman–Crippen MR) is 96.8 cm³/mol. The van der Waals surface area contributed by atoms with Gasteiger partial charge < -0.3 is 9.88 Å². The average molecular weight is 360 g/mol. The van der Waals surface area contributed by atoms with Crippen LogP contribution in [0.4, 0.5) is 5.69 Å². The zero-order valence-electron chi connectivity index (χ0n) is 14.1. The second-order valence-electron chi connectivity index (χ2n) is 6.96. The number of anilines is 1. The van der Waals surface area contributed by atoms with Gasteiger partial charge in [-0.25, -0.2) is 0 Å². The molecule has 1 amide bonds. The van der Waals surface area contributed by atoms with Crippen LogP contribution in [0.3, 0.4) is 0 Å². The van der Waals surface area contributed by atoms with E-state index in [-0.39, 0.29) is 5.91 Å². The molecule has 7 heteroatoms. The molecule has 2 fully saturated rings. The molecule has 25 heavy (non-hydrogen) atoms. The summed E-state index contributed by atoms with van der Waals surface area (Å²) in [7, 11) is 0. The number of amides is 1. The minimum absolute atomic E-state index is 0.00614. The van der Waals surface area contributed by atoms with E-state index >= 15 is 0 Å². The van der Waals surface area contributed by atoms with Crippen molar-refractivity contribution in [3.63, 3.8) is 0 Å². The number of carbonyl (C=O) groups excluding carboxylic acids is 1. The summed E-state index contributed by atoms with van der Waals surface area (Å²) in [6.07, 6.45) is 6.51. The Kier molecular flexibility index (Phi) is 4.72. The highest BCUT2D eigenvalue weighted by Gasteiger charge is 2.31. The van der Waals surface area contributed by atoms with E-state index in [1.807, 2.05) is 18.5 Å². The summed E-state index contributed by atoms with van der Waals surface area (Å²) in [5.41, 5.74) is 0.774. The Morgan fingerprint density at radius 3 is 2.80 bits per heavy atom. The van der Waals surface area contributed by atoms with Gasteiger partial charge in [-0.15, -0.1) is 10.2 Å². The first kappa shape index (κ1) is 16.5. The Morgan fingerprint density at radius 2 is 2.04 bits per heavy atom. The van der Waals surface area contributed by atoms with Crippen LogP contribution in [-0.4, -0.2) is 45.2 Å². The molecule has 2 heterocycles. The van der Waals surface area contributed by atoms with Gasteiger partial charge in [0.2, 0.25) is 5.91 Å². The first-order valence-electron chi connectivity index (χ1n) is 8.86. The normalized spacial score (nSPS) is 21.2. The number of piperidine rings is 1. The average Bonchev–Trinajstić information content (AvgIpc) is 3.34. The third kappa shape index (κ3) is 4.02. The third-order valence-electron chi connectivity index (χ3n) is 4.91. The molecule has 2 aromatic rings. The maximum absolute atomic E-state index is 12.3. The van der Waals surface area contributed by atoms with Crippen LogP contribution in [0.5, 0.6) is 0 Å². The van der Waals surface area contributed by atoms with Crippen LogP contribution < -0.4 is 5.32 Å². The van der Waals surface area contributed by atoms with Gasteiger partial charge in [0.25, 0.3) is 0 Å². The van der Waals surface area contributed by atoms with Crippen LogP contribution in [-0.2, 0) is 4.79 Å². The number of carbonyl (C=O) groups is 1. The number of hydrogen-bond donors (Lipinski definition) is 1. The quantitative estimate of drug-likeness (QED) is 0.891. The molecule has 1 aromatic carbocycles. The molecular weight excluding hydrogens is 338 g/mol. The van der Waals surface area contributed by atoms with Gasteiger partial charge in [-0.1, -0.05) is 11.6 Å². The fraction of sp³-hybridized carbons (Fsp3) is 0.500. The van der Waals surface area contributed by atoms with Gasteiger partial charge in [-0.05, 0) is 56.5 Å². The highest BCUT2D eigenvalue weighted by atomic mass is 35.5. The monoisotopic (exact) mass is 359 g/mol. The van der Waals surface area contributed by atoms with Crippen molar-refractivity contribution in [2.75, 3.05) is 25.0 Å². The van der Waals surface area contributed by atoms with Crippen LogP contribution >= 0.6 is 11.6 Å². The molecule has 1 saturated heterocycles. The van der Waals surface area contributed by atoms with Gasteiger partial charge in [0.1, 0.15) is 12.2 Å². The van der Waals surface area contributed by atoms with Crippen LogP contribution in [0.1, 0.15) is 43.5 Å². The number of aromatic nitrogens is 3. The molecule has 6 nitrogen and oxygen atoms in total. The second kappa shape index (κ2) is 7.14. The number of nitrogens with one attached hydrogen (secondary N) is 1. The molecule has 1 aliphatic heterocycles. The van der Waals surface area contributed by atoms with Crippen molar-refractivity contribution in [1.82, 2.24) is 19.7 Å². The van der Waals surface area contributed by atoms with Gasteiger partial charge in [-0.2, -0.15) is 0 Å². The summed E-state index contributed by atoms with van der Waals surface area (Å²) in [6, 6.07) is 7.78. The minimum atomic E-state index is 0.00614. The summed E-state index contributed by atoms with van der Waals surface area (Å²) in [5, 5.41) is 12.1. The van der Waals surface area contributed by atoms with Crippen molar-refractivity contribution in [3.05, 3.63) is 41.4 Å². The zero-order valence-corrected chi connectivity index (χ0v) is 14.8. The molecule has 1 aliphatic carbocycles. The SMILES string of the molecule is O=C(CN1CCCC(c2nncn2C2CC2)C1)Nc1ccc(Cl)cc1.